The van der Waals surface area contributed by atoms with Crippen LogP contribution in [0.1, 0.15) is 0 Å². The number of hydrogen-bond acceptors (Lipinski definition) is 3. The molecule has 5 aromatic heterocycles. The van der Waals surface area contributed by atoms with Crippen molar-refractivity contribution in [1.82, 2.24) is 23.5 Å². The monoisotopic (exact) mass is 555 g/mol. The van der Waals surface area contributed by atoms with Crippen LogP contribution in [0.5, 0.6) is 0 Å². The zero-order chi connectivity index (χ0) is 27.4. The van der Waals surface area contributed by atoms with Crippen molar-refractivity contribution < 1.29 is 0 Å². The lowest BCUT2D eigenvalue weighted by molar-refractivity contribution is 1.11. The van der Waals surface area contributed by atoms with Gasteiger partial charge in [-0.25, -0.2) is 4.98 Å². The average molecular weight is 556 g/mol. The molecule has 0 saturated carbocycles. The van der Waals surface area contributed by atoms with Gasteiger partial charge in [-0.1, -0.05) is 60.7 Å². The quantitative estimate of drug-likeness (QED) is 0.213. The Morgan fingerprint density at radius 2 is 1.26 bits per heavy atom. The molecule has 196 valence electrons. The van der Waals surface area contributed by atoms with Crippen LogP contribution >= 0.6 is 11.3 Å². The van der Waals surface area contributed by atoms with Crippen LogP contribution in [0.3, 0.4) is 0 Å². The number of pyridine rings is 1. The molecule has 0 unspecified atom stereocenters. The summed E-state index contributed by atoms with van der Waals surface area (Å²) in [7, 11) is 0. The van der Waals surface area contributed by atoms with Gasteiger partial charge in [0.15, 0.2) is 0 Å². The van der Waals surface area contributed by atoms with Crippen molar-refractivity contribution in [2.45, 2.75) is 0 Å². The van der Waals surface area contributed by atoms with Crippen LogP contribution in [0.25, 0.3) is 81.3 Å². The van der Waals surface area contributed by atoms with E-state index in [1.165, 1.54) is 36.6 Å². The summed E-state index contributed by atoms with van der Waals surface area (Å²) < 4.78 is 9.42. The molecule has 0 aliphatic carbocycles. The predicted octanol–water partition coefficient (Wildman–Crippen LogP) is 9.29. The second kappa shape index (κ2) is 8.06. The number of hydrogen-bond donors (Lipinski definition) is 0. The van der Waals surface area contributed by atoms with E-state index in [2.05, 4.69) is 135 Å². The Morgan fingerprint density at radius 1 is 0.548 bits per heavy atom. The van der Waals surface area contributed by atoms with Gasteiger partial charge in [-0.3, -0.25) is 14.0 Å². The van der Waals surface area contributed by atoms with E-state index in [1.807, 2.05) is 17.5 Å². The largest absolute Gasteiger partial charge is 0.308 e. The fourth-order valence-corrected chi connectivity index (χ4v) is 7.90. The van der Waals surface area contributed by atoms with Gasteiger partial charge in [0.05, 0.1) is 49.0 Å². The van der Waals surface area contributed by atoms with Gasteiger partial charge in [0.25, 0.3) is 0 Å². The highest BCUT2D eigenvalue weighted by Crippen LogP contribution is 2.40. The number of rotatable bonds is 2. The molecule has 5 aromatic carbocycles. The van der Waals surface area contributed by atoms with E-state index in [0.29, 0.717) is 0 Å². The Balaban J connectivity index is 1.30. The third-order valence-corrected chi connectivity index (χ3v) is 9.68. The third-order valence-electron chi connectivity index (χ3n) is 8.50. The van der Waals surface area contributed by atoms with E-state index in [0.717, 1.165) is 44.7 Å². The molecular formula is C36H21N5S. The van der Waals surface area contributed by atoms with Crippen LogP contribution in [0.15, 0.2) is 128 Å². The Bertz CT molecular complexity index is 2700. The van der Waals surface area contributed by atoms with Crippen LogP contribution in [-0.2, 0) is 0 Å². The van der Waals surface area contributed by atoms with Gasteiger partial charge in [0.2, 0.25) is 5.78 Å². The molecule has 0 N–H and O–H groups in total. The summed E-state index contributed by atoms with van der Waals surface area (Å²) in [6.45, 7) is 0. The SMILES string of the molecule is c1ccc2c(c1)nc1n(-c3ccc4c(c3)c3ccccc3n4-c3ccnc4c3sc3ccccc34)c3ccccc3n21. The number of aromatic nitrogens is 5. The van der Waals surface area contributed by atoms with Gasteiger partial charge >= 0.3 is 0 Å². The number of nitrogens with zero attached hydrogens (tertiary/aromatic N) is 5. The van der Waals surface area contributed by atoms with E-state index in [-0.39, 0.29) is 0 Å². The molecule has 0 saturated heterocycles. The Hall–Kier alpha value is -5.46. The molecule has 10 aromatic rings. The molecule has 0 spiro atoms. The number of imidazole rings is 2. The summed E-state index contributed by atoms with van der Waals surface area (Å²) in [5, 5.41) is 3.64. The molecule has 5 nitrogen and oxygen atoms in total. The van der Waals surface area contributed by atoms with Gasteiger partial charge in [-0.05, 0) is 60.7 Å². The van der Waals surface area contributed by atoms with Gasteiger partial charge in [-0.2, -0.15) is 0 Å². The molecular weight excluding hydrogens is 534 g/mol. The number of benzene rings is 5. The lowest BCUT2D eigenvalue weighted by Gasteiger charge is -2.10. The average Bonchev–Trinajstić information content (AvgIpc) is 3.78. The van der Waals surface area contributed by atoms with Crippen LogP contribution in [0, 0.1) is 0 Å². The van der Waals surface area contributed by atoms with Crippen molar-refractivity contribution >= 4 is 81.3 Å². The molecule has 0 aliphatic rings. The van der Waals surface area contributed by atoms with Crippen molar-refractivity contribution in [2.75, 3.05) is 0 Å². The first-order chi connectivity index (χ1) is 20.8. The van der Waals surface area contributed by atoms with Crippen molar-refractivity contribution in [1.29, 1.82) is 0 Å². The van der Waals surface area contributed by atoms with E-state index in [4.69, 9.17) is 9.97 Å². The molecule has 0 fully saturated rings. The highest BCUT2D eigenvalue weighted by atomic mass is 32.1. The number of thiophene rings is 1. The van der Waals surface area contributed by atoms with Crippen LogP contribution in [0.2, 0.25) is 0 Å². The summed E-state index contributed by atoms with van der Waals surface area (Å²) in [6, 6.07) is 43.1. The van der Waals surface area contributed by atoms with Crippen LogP contribution < -0.4 is 0 Å². The molecule has 0 bridgehead atoms. The van der Waals surface area contributed by atoms with E-state index >= 15 is 0 Å². The highest BCUT2D eigenvalue weighted by Gasteiger charge is 2.20. The van der Waals surface area contributed by atoms with Crippen molar-refractivity contribution in [3.8, 4) is 11.4 Å². The normalized spacial score (nSPS) is 12.3. The Kier molecular flexibility index (Phi) is 4.27. The maximum atomic E-state index is 5.09. The molecule has 42 heavy (non-hydrogen) atoms. The lowest BCUT2D eigenvalue weighted by Crippen LogP contribution is -1.97. The summed E-state index contributed by atoms with van der Waals surface area (Å²) in [5.41, 5.74) is 10.1. The topological polar surface area (TPSA) is 40.0 Å². The first-order valence-electron chi connectivity index (χ1n) is 14.0. The van der Waals surface area contributed by atoms with Gasteiger partial charge < -0.3 is 4.57 Å². The minimum atomic E-state index is 0.918. The van der Waals surface area contributed by atoms with Gasteiger partial charge in [0.1, 0.15) is 0 Å². The standard InChI is InChI=1S/C36H21N5S/c1-4-12-27-23(9-1)25-21-22(39-30-14-6-7-15-31(30)41-29-13-5-3-11-26(29)38-36(39)41)17-18-28(25)40(27)32-19-20-37-34-24-10-2-8-16-33(24)42-35(32)34/h1-21H. The zero-order valence-corrected chi connectivity index (χ0v) is 23.1. The third kappa shape index (κ3) is 2.81. The minimum Gasteiger partial charge on any atom is -0.308 e. The highest BCUT2D eigenvalue weighted by molar-refractivity contribution is 7.26. The Morgan fingerprint density at radius 3 is 2.17 bits per heavy atom. The summed E-state index contributed by atoms with van der Waals surface area (Å²) >= 11 is 1.81. The smallest absolute Gasteiger partial charge is 0.220 e. The second-order valence-corrected chi connectivity index (χ2v) is 11.8. The van der Waals surface area contributed by atoms with Crippen LogP contribution in [0.4, 0.5) is 0 Å². The number of para-hydroxylation sites is 5. The lowest BCUT2D eigenvalue weighted by atomic mass is 10.1. The number of fused-ring (bicyclic) bond motifs is 11. The Labute approximate surface area is 243 Å². The van der Waals surface area contributed by atoms with Crippen LogP contribution in [-0.4, -0.2) is 23.5 Å². The van der Waals surface area contributed by atoms with Gasteiger partial charge in [0, 0.05) is 32.7 Å². The van der Waals surface area contributed by atoms with E-state index in [1.54, 1.807) is 0 Å². The van der Waals surface area contributed by atoms with Crippen molar-refractivity contribution in [3.05, 3.63) is 128 Å². The fraction of sp³-hybridized carbons (Fsp3) is 0. The maximum Gasteiger partial charge on any atom is 0.220 e. The minimum absolute atomic E-state index is 0.918. The molecule has 5 heterocycles. The molecule has 6 heteroatoms. The predicted molar refractivity (Wildman–Crippen MR) is 175 cm³/mol. The molecule has 0 aliphatic heterocycles. The summed E-state index contributed by atoms with van der Waals surface area (Å²) in [4.78, 5) is 9.90. The fourth-order valence-electron chi connectivity index (χ4n) is 6.73. The van der Waals surface area contributed by atoms with E-state index < -0.39 is 0 Å². The molecule has 0 radical (unpaired) electrons. The molecule has 10 rings (SSSR count). The maximum absolute atomic E-state index is 5.09. The van der Waals surface area contributed by atoms with Crippen molar-refractivity contribution in [2.24, 2.45) is 0 Å². The first-order valence-corrected chi connectivity index (χ1v) is 14.8. The van der Waals surface area contributed by atoms with Gasteiger partial charge in [-0.15, -0.1) is 11.3 Å². The summed E-state index contributed by atoms with van der Waals surface area (Å²) in [6.07, 6.45) is 1.94. The first kappa shape index (κ1) is 22.3. The molecule has 0 amide bonds. The van der Waals surface area contributed by atoms with E-state index in [9.17, 15) is 0 Å². The molecule has 0 atom stereocenters. The second-order valence-electron chi connectivity index (χ2n) is 10.7. The van der Waals surface area contributed by atoms with Crippen molar-refractivity contribution in [3.63, 3.8) is 0 Å². The zero-order valence-electron chi connectivity index (χ0n) is 22.3. The summed E-state index contributed by atoms with van der Waals surface area (Å²) in [5.74, 6) is 0.918.